The Morgan fingerprint density at radius 3 is 1.30 bits per heavy atom. The molecular weight excluding hydrogens is 1330 g/mol. The number of ketones is 2. The van der Waals surface area contributed by atoms with Gasteiger partial charge in [0.15, 0.2) is 34.6 Å². The molecule has 552 valence electrons. The van der Waals surface area contributed by atoms with E-state index in [2.05, 4.69) is 43.7 Å². The predicted molar refractivity (Wildman–Crippen MR) is 365 cm³/mol. The second-order valence-corrected chi connectivity index (χ2v) is 26.1. The molecule has 0 saturated carbocycles. The van der Waals surface area contributed by atoms with Crippen molar-refractivity contribution in [2.24, 2.45) is 10.8 Å². The molecule has 102 heavy (non-hydrogen) atoms. The molecular formula is C72H92N8O22. The third-order valence-corrected chi connectivity index (χ3v) is 16.0. The van der Waals surface area contributed by atoms with Crippen LogP contribution in [0.3, 0.4) is 0 Å². The molecule has 0 unspecified atom stereocenters. The molecule has 6 rings (SSSR count). The van der Waals surface area contributed by atoms with Crippen molar-refractivity contribution in [2.45, 2.75) is 168 Å². The predicted octanol–water partition coefficient (Wildman–Crippen LogP) is 7.70. The van der Waals surface area contributed by atoms with E-state index in [0.717, 1.165) is 23.3 Å². The van der Waals surface area contributed by atoms with Gasteiger partial charge in [-0.1, -0.05) is 25.3 Å². The number of methoxy groups -OCH3 is 4. The normalized spacial score (nSPS) is 15.0. The maximum atomic E-state index is 13.9. The Bertz CT molecular complexity index is 3700. The van der Waals surface area contributed by atoms with Gasteiger partial charge in [0, 0.05) is 38.1 Å². The molecule has 4 aromatic rings. The zero-order valence-electron chi connectivity index (χ0n) is 59.6. The lowest BCUT2D eigenvalue weighted by Crippen LogP contribution is -2.53. The number of likely N-dealkylation sites (tertiary alicyclic amines) is 2. The van der Waals surface area contributed by atoms with E-state index in [1.807, 2.05) is 12.1 Å². The van der Waals surface area contributed by atoms with Crippen molar-refractivity contribution in [3.63, 3.8) is 0 Å². The zero-order valence-corrected chi connectivity index (χ0v) is 59.6. The van der Waals surface area contributed by atoms with Crippen molar-refractivity contribution >= 4 is 82.6 Å². The Kier molecular flexibility index (Phi) is 31.2. The van der Waals surface area contributed by atoms with E-state index in [-0.39, 0.29) is 101 Å². The van der Waals surface area contributed by atoms with Crippen LogP contribution in [-0.4, -0.2) is 178 Å². The summed E-state index contributed by atoms with van der Waals surface area (Å²) in [5.74, 6) is -6.94. The molecule has 4 atom stereocenters. The van der Waals surface area contributed by atoms with Crippen LogP contribution in [-0.2, 0) is 94.1 Å². The fourth-order valence-corrected chi connectivity index (χ4v) is 10.5. The Hall–Kier alpha value is -10.7. The molecule has 2 fully saturated rings. The molecule has 0 bridgehead atoms. The number of anilines is 2. The number of hydrogen-bond donors (Lipinski definition) is 3. The van der Waals surface area contributed by atoms with Crippen molar-refractivity contribution in [3.8, 4) is 23.0 Å². The second kappa shape index (κ2) is 38.8. The van der Waals surface area contributed by atoms with E-state index < -0.39 is 112 Å². The quantitative estimate of drug-likeness (QED) is 0.0174. The molecule has 2 saturated heterocycles. The second-order valence-electron chi connectivity index (χ2n) is 26.1. The number of carbonyl (C=O) groups is 12. The van der Waals surface area contributed by atoms with Gasteiger partial charge in [-0.3, -0.25) is 48.3 Å². The van der Waals surface area contributed by atoms with Gasteiger partial charge in [-0.05, 0) is 148 Å². The first-order valence-electron chi connectivity index (χ1n) is 33.1. The summed E-state index contributed by atoms with van der Waals surface area (Å²) < 4.78 is 48.9. The average Bonchev–Trinajstić information content (AvgIpc) is 0.810. The van der Waals surface area contributed by atoms with E-state index in [4.69, 9.17) is 47.7 Å². The molecule has 3 N–H and O–H groups in total. The SMILES string of the molecule is C=CC(=O)OCC(C)(C)C(=O)C(=O)N1CCCC[C@H]1C(=O)O[C@H](CCc1ccc(OC)c(OC)c1)c1cncc(NC(=O)CCC(=O)O)n1.C=CC(=O)OCC(C)(C)C(=O)C(=O)N1CCCC[C@H]1C(=O)O[C@H](CCc1ccc(OC)c(OC)c1)c1cncc(NC(=O)CCC(=O)OC(C)(C)C)n1. The van der Waals surface area contributed by atoms with E-state index >= 15 is 0 Å². The van der Waals surface area contributed by atoms with Crippen LogP contribution in [0.2, 0.25) is 0 Å². The number of aromatic nitrogens is 4. The van der Waals surface area contributed by atoms with E-state index in [9.17, 15) is 57.5 Å². The minimum Gasteiger partial charge on any atom is -0.493 e. The van der Waals surface area contributed by atoms with Gasteiger partial charge < -0.3 is 68.2 Å². The molecule has 0 spiro atoms. The third kappa shape index (κ3) is 25.2. The first kappa shape index (κ1) is 82.0. The number of aryl methyl sites for hydroxylation is 2. The maximum absolute atomic E-state index is 13.9. The van der Waals surface area contributed by atoms with Crippen molar-refractivity contribution in [1.29, 1.82) is 0 Å². The van der Waals surface area contributed by atoms with Crippen LogP contribution in [0.5, 0.6) is 23.0 Å². The van der Waals surface area contributed by atoms with Gasteiger partial charge in [0.2, 0.25) is 23.4 Å². The highest BCUT2D eigenvalue weighted by Gasteiger charge is 2.45. The standard InChI is InChI=1S/C38H50N4O11.C34H42N4O11/c1-9-32(44)51-23-38(5,6)34(46)35(47)42-19-11-10-12-26(42)36(48)52-27(15-13-24-14-16-28(49-7)29(20-24)50-8)25-21-39-22-30(40-25)41-31(43)17-18-33(45)53-37(2,3)4;1-6-30(42)48-20-34(2,3)31(43)32(44)38-16-8-7-9-23(38)33(45)49-24(12-10-21-11-13-25(46-4)26(17-21)47-5)22-18-35-19-27(36-22)37-28(39)14-15-29(40)41/h9,14,16,20-22,26-27H,1,10-13,15,17-19,23H2,2-8H3,(H,40,41,43);6,11,13,17-19,23-24H,1,7-10,12,14-16,20H2,2-5H3,(H,40,41)(H,36,37,39)/t26-,27+;23-,24+/m00/s1. The highest BCUT2D eigenvalue weighted by Crippen LogP contribution is 2.34. The summed E-state index contributed by atoms with van der Waals surface area (Å²) in [4.78, 5) is 172. The molecule has 2 aromatic carbocycles. The smallest absolute Gasteiger partial charge is 0.330 e. The summed E-state index contributed by atoms with van der Waals surface area (Å²) in [5, 5.41) is 14.0. The number of carbonyl (C=O) groups excluding carboxylic acids is 11. The number of carboxylic acid groups (broad SMARTS) is 1. The summed E-state index contributed by atoms with van der Waals surface area (Å²) in [6, 6.07) is 8.59. The lowest BCUT2D eigenvalue weighted by atomic mass is 9.87. The van der Waals surface area contributed by atoms with Gasteiger partial charge in [0.1, 0.15) is 54.5 Å². The molecule has 2 aliphatic rings. The number of aliphatic carboxylic acids is 1. The van der Waals surface area contributed by atoms with E-state index in [1.165, 1.54) is 90.7 Å². The molecule has 2 aromatic heterocycles. The van der Waals surface area contributed by atoms with Gasteiger partial charge >= 0.3 is 35.8 Å². The van der Waals surface area contributed by atoms with E-state index in [1.54, 1.807) is 45.0 Å². The topological polar surface area (TPSA) is 390 Å². The fourth-order valence-electron chi connectivity index (χ4n) is 10.5. The Morgan fingerprint density at radius 2 is 0.941 bits per heavy atom. The van der Waals surface area contributed by atoms with Crippen LogP contribution in [0.4, 0.5) is 11.6 Å². The molecule has 2 aliphatic heterocycles. The minimum absolute atomic E-state index is 0.0273. The summed E-state index contributed by atoms with van der Waals surface area (Å²) in [5.41, 5.74) is -1.34. The molecule has 4 heterocycles. The number of esters is 5. The van der Waals surface area contributed by atoms with Crippen molar-refractivity contribution < 1.29 is 105 Å². The summed E-state index contributed by atoms with van der Waals surface area (Å²) in [6.45, 7) is 17.3. The van der Waals surface area contributed by atoms with Crippen molar-refractivity contribution in [2.75, 3.05) is 65.4 Å². The van der Waals surface area contributed by atoms with Crippen LogP contribution in [0, 0.1) is 10.8 Å². The number of Topliss-reactive ketones (excluding diaryl/α,β-unsaturated/α-hetero) is 2. The Balaban J connectivity index is 0.000000368. The first-order valence-corrected chi connectivity index (χ1v) is 33.1. The number of piperidine rings is 2. The van der Waals surface area contributed by atoms with Gasteiger partial charge in [0.05, 0.1) is 76.9 Å². The maximum Gasteiger partial charge on any atom is 0.330 e. The number of ether oxygens (including phenoxy) is 9. The van der Waals surface area contributed by atoms with Gasteiger partial charge in [-0.15, -0.1) is 0 Å². The van der Waals surface area contributed by atoms with Crippen molar-refractivity contribution in [3.05, 3.63) is 109 Å². The highest BCUT2D eigenvalue weighted by atomic mass is 16.6. The van der Waals surface area contributed by atoms with E-state index in [0.29, 0.717) is 61.5 Å². The average molecular weight is 1420 g/mol. The monoisotopic (exact) mass is 1420 g/mol. The van der Waals surface area contributed by atoms with Gasteiger partial charge in [-0.2, -0.15) is 0 Å². The summed E-state index contributed by atoms with van der Waals surface area (Å²) in [6.07, 6.45) is 8.36. The molecule has 0 aliphatic carbocycles. The molecule has 30 heteroatoms. The lowest BCUT2D eigenvalue weighted by molar-refractivity contribution is -0.166. The number of nitrogens with one attached hydrogen (secondary N) is 2. The molecule has 4 amide bonds. The summed E-state index contributed by atoms with van der Waals surface area (Å²) >= 11 is 0. The number of rotatable bonds is 34. The number of benzene rings is 2. The Labute approximate surface area is 591 Å². The van der Waals surface area contributed by atoms with Crippen LogP contribution >= 0.6 is 0 Å². The van der Waals surface area contributed by atoms with Crippen LogP contribution in [0.1, 0.15) is 160 Å². The molecule has 0 radical (unpaired) electrons. The zero-order chi connectivity index (χ0) is 75.5. The minimum atomic E-state index is -1.37. The number of carboxylic acids is 1. The third-order valence-electron chi connectivity index (χ3n) is 16.0. The van der Waals surface area contributed by atoms with Crippen molar-refractivity contribution in [1.82, 2.24) is 29.7 Å². The first-order chi connectivity index (χ1) is 48.3. The number of nitrogens with zero attached hydrogens (tertiary/aromatic N) is 6. The lowest BCUT2D eigenvalue weighted by Gasteiger charge is -2.36. The highest BCUT2D eigenvalue weighted by molar-refractivity contribution is 6.39. The van der Waals surface area contributed by atoms with Crippen LogP contribution in [0.25, 0.3) is 0 Å². The van der Waals surface area contributed by atoms with Crippen LogP contribution < -0.4 is 29.6 Å². The largest absolute Gasteiger partial charge is 0.493 e. The molecule has 30 nitrogen and oxygen atoms in total. The number of amides is 4. The van der Waals surface area contributed by atoms with Crippen LogP contribution in [0.15, 0.2) is 86.5 Å². The Morgan fingerprint density at radius 1 is 0.549 bits per heavy atom. The fraction of sp³-hybridized carbons (Fsp3) is 0.500. The number of hydrogen-bond acceptors (Lipinski definition) is 25. The summed E-state index contributed by atoms with van der Waals surface area (Å²) in [7, 11) is 6.08. The van der Waals surface area contributed by atoms with Gasteiger partial charge in [0.25, 0.3) is 11.8 Å². The van der Waals surface area contributed by atoms with Gasteiger partial charge in [-0.25, -0.2) is 29.1 Å².